The van der Waals surface area contributed by atoms with Crippen LogP contribution in [0.5, 0.6) is 0 Å². The van der Waals surface area contributed by atoms with E-state index in [0.29, 0.717) is 11.0 Å². The van der Waals surface area contributed by atoms with Crippen LogP contribution in [0.2, 0.25) is 0 Å². The zero-order chi connectivity index (χ0) is 10.3. The fourth-order valence-electron chi connectivity index (χ4n) is 3.31. The molecule has 1 nitrogen and oxygen atoms in total. The summed E-state index contributed by atoms with van der Waals surface area (Å²) in [5, 5.41) is 0. The molecular formula is C12H26N+. The molecule has 3 unspecified atom stereocenters. The highest BCUT2D eigenvalue weighted by Gasteiger charge is 2.63. The molecule has 2 rings (SSSR count). The smallest absolute Gasteiger partial charge is 0.100 e. The predicted octanol–water partition coefficient (Wildman–Crippen LogP) is 1.74. The van der Waals surface area contributed by atoms with E-state index in [-0.39, 0.29) is 0 Å². The number of rotatable bonds is 0. The van der Waals surface area contributed by atoms with Crippen molar-refractivity contribution in [2.45, 2.75) is 53.0 Å². The van der Waals surface area contributed by atoms with Gasteiger partial charge in [-0.25, -0.2) is 0 Å². The Balaban J connectivity index is 0.000000396. The Morgan fingerprint density at radius 3 is 1.85 bits per heavy atom. The van der Waals surface area contributed by atoms with Crippen molar-refractivity contribution >= 4 is 0 Å². The van der Waals surface area contributed by atoms with Gasteiger partial charge >= 0.3 is 0 Å². The van der Waals surface area contributed by atoms with E-state index < -0.39 is 0 Å². The van der Waals surface area contributed by atoms with Gasteiger partial charge in [0.05, 0.1) is 13.6 Å². The number of hydrogen-bond donors (Lipinski definition) is 1. The molecule has 2 bridgehead atoms. The van der Waals surface area contributed by atoms with Gasteiger partial charge in [-0.3, -0.25) is 0 Å². The summed E-state index contributed by atoms with van der Waals surface area (Å²) >= 11 is 0. The number of piperidine rings is 1. The Hall–Kier alpha value is -0.0400. The molecule has 1 saturated carbocycles. The number of fused-ring (bicyclic) bond motifs is 2. The van der Waals surface area contributed by atoms with E-state index in [2.05, 4.69) is 27.8 Å². The molecule has 78 valence electrons. The first kappa shape index (κ1) is 11.0. The average Bonchev–Trinajstić information content (AvgIpc) is 2.41. The second-order valence-corrected chi connectivity index (χ2v) is 5.27. The minimum Gasteiger partial charge on any atom is -0.332 e. The Labute approximate surface area is 83.5 Å². The molecule has 1 aliphatic carbocycles. The standard InChI is InChI=1S/C10H19N.C2H6/c1-9(2)8-5-6-10(9,3)11(4)7-8;1-2/h8H,5-7H2,1-4H3;1-2H3/p+1. The molecule has 0 aromatic heterocycles. The summed E-state index contributed by atoms with van der Waals surface area (Å²) in [7, 11) is 2.36. The number of hydrogen-bond acceptors (Lipinski definition) is 0. The summed E-state index contributed by atoms with van der Waals surface area (Å²) in [6, 6.07) is 0. The predicted molar refractivity (Wildman–Crippen MR) is 58.0 cm³/mol. The highest BCUT2D eigenvalue weighted by molar-refractivity contribution is 5.04. The van der Waals surface area contributed by atoms with Gasteiger partial charge in [-0.1, -0.05) is 27.7 Å². The molecule has 0 spiro atoms. The van der Waals surface area contributed by atoms with Crippen LogP contribution >= 0.6 is 0 Å². The summed E-state index contributed by atoms with van der Waals surface area (Å²) in [6.45, 7) is 12.8. The van der Waals surface area contributed by atoms with Gasteiger partial charge in [0.15, 0.2) is 0 Å². The largest absolute Gasteiger partial charge is 0.332 e. The monoisotopic (exact) mass is 184 g/mol. The van der Waals surface area contributed by atoms with Crippen molar-refractivity contribution in [2.75, 3.05) is 13.6 Å². The zero-order valence-electron chi connectivity index (χ0n) is 10.2. The van der Waals surface area contributed by atoms with Crippen molar-refractivity contribution in [3.63, 3.8) is 0 Å². The second kappa shape index (κ2) is 3.27. The van der Waals surface area contributed by atoms with Crippen LogP contribution in [0.4, 0.5) is 0 Å². The van der Waals surface area contributed by atoms with Gasteiger partial charge in [0.2, 0.25) is 0 Å². The fraction of sp³-hybridized carbons (Fsp3) is 1.00. The van der Waals surface area contributed by atoms with E-state index >= 15 is 0 Å². The van der Waals surface area contributed by atoms with Crippen molar-refractivity contribution in [1.29, 1.82) is 0 Å². The Kier molecular flexibility index (Phi) is 2.78. The third kappa shape index (κ3) is 1.24. The maximum atomic E-state index is 2.47. The topological polar surface area (TPSA) is 4.44 Å². The van der Waals surface area contributed by atoms with Crippen LogP contribution in [0.25, 0.3) is 0 Å². The highest BCUT2D eigenvalue weighted by Crippen LogP contribution is 2.50. The first-order valence-electron chi connectivity index (χ1n) is 5.81. The van der Waals surface area contributed by atoms with E-state index in [1.807, 2.05) is 13.8 Å². The van der Waals surface area contributed by atoms with Gasteiger partial charge in [-0.15, -0.1) is 0 Å². The quantitative estimate of drug-likeness (QED) is 0.585. The van der Waals surface area contributed by atoms with E-state index in [1.54, 1.807) is 4.90 Å². The molecular weight excluding hydrogens is 158 g/mol. The first-order chi connectivity index (χ1) is 5.98. The molecule has 3 atom stereocenters. The van der Waals surface area contributed by atoms with Gasteiger partial charge in [0, 0.05) is 17.8 Å². The molecule has 1 aliphatic heterocycles. The lowest BCUT2D eigenvalue weighted by Crippen LogP contribution is -3.16. The van der Waals surface area contributed by atoms with Crippen LogP contribution < -0.4 is 4.90 Å². The zero-order valence-corrected chi connectivity index (χ0v) is 10.2. The Bertz CT molecular complexity index is 186. The second-order valence-electron chi connectivity index (χ2n) is 5.27. The minimum atomic E-state index is 0.581. The molecule has 1 saturated heterocycles. The Morgan fingerprint density at radius 2 is 1.69 bits per heavy atom. The average molecular weight is 184 g/mol. The van der Waals surface area contributed by atoms with Crippen LogP contribution in [0.1, 0.15) is 47.5 Å². The van der Waals surface area contributed by atoms with Crippen LogP contribution in [-0.2, 0) is 0 Å². The first-order valence-corrected chi connectivity index (χ1v) is 5.81. The molecule has 0 radical (unpaired) electrons. The number of likely N-dealkylation sites (tertiary alicyclic amines) is 1. The number of quaternary nitrogens is 1. The molecule has 0 aromatic carbocycles. The van der Waals surface area contributed by atoms with Crippen molar-refractivity contribution in [3.8, 4) is 0 Å². The third-order valence-corrected chi connectivity index (χ3v) is 4.93. The summed E-state index contributed by atoms with van der Waals surface area (Å²) in [6.07, 6.45) is 2.91. The normalized spacial score (nSPS) is 45.7. The van der Waals surface area contributed by atoms with E-state index in [9.17, 15) is 0 Å². The van der Waals surface area contributed by atoms with Crippen LogP contribution in [0.3, 0.4) is 0 Å². The van der Waals surface area contributed by atoms with E-state index in [1.165, 1.54) is 19.4 Å². The van der Waals surface area contributed by atoms with Crippen LogP contribution in [0.15, 0.2) is 0 Å². The highest BCUT2D eigenvalue weighted by atomic mass is 15.2. The molecule has 13 heavy (non-hydrogen) atoms. The van der Waals surface area contributed by atoms with E-state index in [4.69, 9.17) is 0 Å². The molecule has 1 heterocycles. The molecule has 2 aliphatic rings. The van der Waals surface area contributed by atoms with Crippen LogP contribution in [-0.4, -0.2) is 19.1 Å². The summed E-state index contributed by atoms with van der Waals surface area (Å²) in [5.41, 5.74) is 1.18. The molecule has 1 N–H and O–H groups in total. The lowest BCUT2D eigenvalue weighted by molar-refractivity contribution is -0.927. The third-order valence-electron chi connectivity index (χ3n) is 4.93. The lowest BCUT2D eigenvalue weighted by atomic mass is 9.75. The molecule has 1 heteroatoms. The summed E-state index contributed by atoms with van der Waals surface area (Å²) < 4.78 is 0. The van der Waals surface area contributed by atoms with Crippen molar-refractivity contribution in [1.82, 2.24) is 0 Å². The Morgan fingerprint density at radius 1 is 1.15 bits per heavy atom. The summed E-state index contributed by atoms with van der Waals surface area (Å²) in [5.74, 6) is 0.993. The van der Waals surface area contributed by atoms with Gasteiger partial charge in [-0.05, 0) is 13.3 Å². The SMILES string of the molecule is CC.C[NH+]1CC2CCC1(C)C2(C)C. The molecule has 0 amide bonds. The van der Waals surface area contributed by atoms with Gasteiger partial charge in [0.1, 0.15) is 5.54 Å². The lowest BCUT2D eigenvalue weighted by Gasteiger charge is -2.35. The van der Waals surface area contributed by atoms with E-state index in [0.717, 1.165) is 5.92 Å². The van der Waals surface area contributed by atoms with Gasteiger partial charge in [0.25, 0.3) is 0 Å². The maximum absolute atomic E-state index is 2.47. The number of nitrogens with one attached hydrogen (secondary N) is 1. The van der Waals surface area contributed by atoms with Crippen molar-refractivity contribution in [3.05, 3.63) is 0 Å². The minimum absolute atomic E-state index is 0.581. The van der Waals surface area contributed by atoms with Crippen molar-refractivity contribution < 1.29 is 4.90 Å². The molecule has 2 fully saturated rings. The van der Waals surface area contributed by atoms with Gasteiger partial charge in [-0.2, -0.15) is 0 Å². The van der Waals surface area contributed by atoms with Crippen molar-refractivity contribution in [2.24, 2.45) is 11.3 Å². The fourth-order valence-corrected chi connectivity index (χ4v) is 3.31. The maximum Gasteiger partial charge on any atom is 0.100 e. The summed E-state index contributed by atoms with van der Waals surface area (Å²) in [4.78, 5) is 1.76. The van der Waals surface area contributed by atoms with Crippen LogP contribution in [0, 0.1) is 11.3 Å². The van der Waals surface area contributed by atoms with Gasteiger partial charge < -0.3 is 4.90 Å². The molecule has 0 aromatic rings.